The van der Waals surface area contributed by atoms with Gasteiger partial charge in [-0.3, -0.25) is 4.79 Å². The molecule has 0 saturated heterocycles. The van der Waals surface area contributed by atoms with Crippen LogP contribution in [0.5, 0.6) is 0 Å². The lowest BCUT2D eigenvalue weighted by atomic mass is 10.0. The SMILES string of the molecule is CCCCCCCCC=CCCCCCCCC(O)CCOC(=O)CCC=CCCCCCCCCCCCCCCC. The summed E-state index contributed by atoms with van der Waals surface area (Å²) < 4.78 is 5.33. The topological polar surface area (TPSA) is 46.5 Å². The van der Waals surface area contributed by atoms with Crippen LogP contribution in [0.3, 0.4) is 0 Å². The van der Waals surface area contributed by atoms with Crippen LogP contribution in [0, 0.1) is 0 Å². The third-order valence-corrected chi connectivity index (χ3v) is 8.67. The van der Waals surface area contributed by atoms with E-state index in [1.165, 1.54) is 161 Å². The van der Waals surface area contributed by atoms with Crippen LogP contribution in [0.15, 0.2) is 24.3 Å². The number of carbonyl (C=O) groups is 1. The number of ether oxygens (including phenoxy) is 1. The predicted octanol–water partition coefficient (Wildman–Crippen LogP) is 13.1. The van der Waals surface area contributed by atoms with Gasteiger partial charge in [-0.1, -0.05) is 173 Å². The summed E-state index contributed by atoms with van der Waals surface area (Å²) in [6.45, 7) is 4.90. The molecule has 1 N–H and O–H groups in total. The molecule has 1 atom stereocenters. The average molecular weight is 605 g/mol. The first-order valence-electron chi connectivity index (χ1n) is 19.3. The Balaban J connectivity index is 3.35. The second kappa shape index (κ2) is 37.1. The van der Waals surface area contributed by atoms with Gasteiger partial charge >= 0.3 is 5.97 Å². The number of esters is 1. The zero-order valence-electron chi connectivity index (χ0n) is 29.3. The Morgan fingerprint density at radius 3 is 1.26 bits per heavy atom. The van der Waals surface area contributed by atoms with Crippen molar-refractivity contribution in [2.24, 2.45) is 0 Å². The second-order valence-corrected chi connectivity index (χ2v) is 13.1. The molecule has 0 amide bonds. The van der Waals surface area contributed by atoms with Gasteiger partial charge in [0, 0.05) is 12.8 Å². The predicted molar refractivity (Wildman–Crippen MR) is 190 cm³/mol. The van der Waals surface area contributed by atoms with Crippen LogP contribution in [-0.4, -0.2) is 23.8 Å². The van der Waals surface area contributed by atoms with Crippen LogP contribution in [0.2, 0.25) is 0 Å². The van der Waals surface area contributed by atoms with Gasteiger partial charge in [-0.15, -0.1) is 0 Å². The van der Waals surface area contributed by atoms with Gasteiger partial charge in [0.2, 0.25) is 0 Å². The van der Waals surface area contributed by atoms with E-state index in [1.54, 1.807) is 0 Å². The minimum Gasteiger partial charge on any atom is -0.466 e. The van der Waals surface area contributed by atoms with Crippen molar-refractivity contribution < 1.29 is 14.6 Å². The molecular weight excluding hydrogens is 528 g/mol. The zero-order chi connectivity index (χ0) is 31.3. The first kappa shape index (κ1) is 41.9. The van der Waals surface area contributed by atoms with Gasteiger partial charge in [0.25, 0.3) is 0 Å². The lowest BCUT2D eigenvalue weighted by molar-refractivity contribution is -0.144. The molecule has 0 radical (unpaired) electrons. The summed E-state index contributed by atoms with van der Waals surface area (Å²) in [7, 11) is 0. The molecule has 0 aliphatic heterocycles. The minimum absolute atomic E-state index is 0.140. The molecule has 0 bridgehead atoms. The maximum atomic E-state index is 11.9. The number of carbonyl (C=O) groups excluding carboxylic acids is 1. The van der Waals surface area contributed by atoms with Crippen LogP contribution in [0.4, 0.5) is 0 Å². The average Bonchev–Trinajstić information content (AvgIpc) is 3.00. The summed E-state index contributed by atoms with van der Waals surface area (Å²) in [6, 6.07) is 0. The van der Waals surface area contributed by atoms with Crippen LogP contribution < -0.4 is 0 Å². The Morgan fingerprint density at radius 2 is 0.837 bits per heavy atom. The van der Waals surface area contributed by atoms with Crippen molar-refractivity contribution in [3.05, 3.63) is 24.3 Å². The fourth-order valence-corrected chi connectivity index (χ4v) is 5.69. The largest absolute Gasteiger partial charge is 0.466 e. The molecule has 0 aliphatic carbocycles. The van der Waals surface area contributed by atoms with E-state index in [0.717, 1.165) is 25.7 Å². The molecule has 3 nitrogen and oxygen atoms in total. The van der Waals surface area contributed by atoms with E-state index < -0.39 is 0 Å². The molecule has 0 spiro atoms. The van der Waals surface area contributed by atoms with E-state index in [2.05, 4.69) is 38.2 Å². The van der Waals surface area contributed by atoms with Gasteiger partial charge < -0.3 is 9.84 Å². The molecule has 1 unspecified atom stereocenters. The molecule has 0 fully saturated rings. The normalized spacial score (nSPS) is 12.5. The highest BCUT2D eigenvalue weighted by molar-refractivity contribution is 5.69. The molecule has 0 saturated carbocycles. The highest BCUT2D eigenvalue weighted by atomic mass is 16.5. The molecule has 254 valence electrons. The molecule has 0 aromatic heterocycles. The van der Waals surface area contributed by atoms with Crippen molar-refractivity contribution in [3.8, 4) is 0 Å². The smallest absolute Gasteiger partial charge is 0.306 e. The van der Waals surface area contributed by atoms with Gasteiger partial charge in [-0.25, -0.2) is 0 Å². The van der Waals surface area contributed by atoms with Crippen LogP contribution in [0.1, 0.15) is 213 Å². The minimum atomic E-state index is -0.349. The van der Waals surface area contributed by atoms with Gasteiger partial charge in [0.05, 0.1) is 12.7 Å². The third kappa shape index (κ3) is 37.0. The highest BCUT2D eigenvalue weighted by Crippen LogP contribution is 2.14. The molecule has 0 rings (SSSR count). The number of aliphatic hydroxyl groups is 1. The Morgan fingerprint density at radius 1 is 0.488 bits per heavy atom. The van der Waals surface area contributed by atoms with E-state index >= 15 is 0 Å². The van der Waals surface area contributed by atoms with Crippen molar-refractivity contribution >= 4 is 5.97 Å². The van der Waals surface area contributed by atoms with E-state index in [0.29, 0.717) is 19.4 Å². The van der Waals surface area contributed by atoms with Crippen molar-refractivity contribution in [3.63, 3.8) is 0 Å². The number of aliphatic hydroxyl groups excluding tert-OH is 1. The molecular formula is C40H76O3. The summed E-state index contributed by atoms with van der Waals surface area (Å²) in [5.74, 6) is -0.140. The molecule has 0 aromatic carbocycles. The Kier molecular flexibility index (Phi) is 36.2. The first-order valence-corrected chi connectivity index (χ1v) is 19.3. The maximum absolute atomic E-state index is 11.9. The van der Waals surface area contributed by atoms with E-state index in [-0.39, 0.29) is 12.1 Å². The standard InChI is InChI=1S/C40H76O3/c1-3-5-7-9-11-13-15-17-19-20-22-24-26-28-30-32-34-36-40(42)43-38-37-39(41)35-33-31-29-27-25-23-21-18-16-14-12-10-8-6-4-2/h18,21,30,32,39,41H,3-17,19-20,22-29,31,33-38H2,1-2H3. The quantitative estimate of drug-likeness (QED) is 0.0444. The number of rotatable bonds is 35. The number of hydrogen-bond donors (Lipinski definition) is 1. The Labute approximate surface area is 270 Å². The molecule has 0 aromatic rings. The van der Waals surface area contributed by atoms with Gasteiger partial charge in [0.1, 0.15) is 0 Å². The summed E-state index contributed by atoms with van der Waals surface area (Å²) in [6.07, 6.45) is 47.3. The number of allylic oxidation sites excluding steroid dienone is 4. The lowest BCUT2D eigenvalue weighted by Gasteiger charge is -2.10. The molecule has 43 heavy (non-hydrogen) atoms. The van der Waals surface area contributed by atoms with Crippen molar-refractivity contribution in [1.29, 1.82) is 0 Å². The zero-order valence-corrected chi connectivity index (χ0v) is 29.3. The Hall–Kier alpha value is -1.09. The van der Waals surface area contributed by atoms with Gasteiger partial charge in [-0.05, 0) is 51.4 Å². The third-order valence-electron chi connectivity index (χ3n) is 8.67. The summed E-state index contributed by atoms with van der Waals surface area (Å²) in [4.78, 5) is 11.9. The molecule has 0 heterocycles. The maximum Gasteiger partial charge on any atom is 0.306 e. The summed E-state index contributed by atoms with van der Waals surface area (Å²) >= 11 is 0. The second-order valence-electron chi connectivity index (χ2n) is 13.1. The first-order chi connectivity index (χ1) is 21.2. The van der Waals surface area contributed by atoms with Gasteiger partial charge in [0.15, 0.2) is 0 Å². The highest BCUT2D eigenvalue weighted by Gasteiger charge is 2.07. The fourth-order valence-electron chi connectivity index (χ4n) is 5.69. The van der Waals surface area contributed by atoms with Crippen molar-refractivity contribution in [2.45, 2.75) is 219 Å². The lowest BCUT2D eigenvalue weighted by Crippen LogP contribution is -2.13. The van der Waals surface area contributed by atoms with Crippen molar-refractivity contribution in [1.82, 2.24) is 0 Å². The molecule has 3 heteroatoms. The fraction of sp³-hybridized carbons (Fsp3) is 0.875. The summed E-state index contributed by atoms with van der Waals surface area (Å²) in [5.41, 5.74) is 0. The van der Waals surface area contributed by atoms with E-state index in [1.807, 2.05) is 0 Å². The number of hydrogen-bond acceptors (Lipinski definition) is 3. The summed E-state index contributed by atoms with van der Waals surface area (Å²) in [5, 5.41) is 10.2. The van der Waals surface area contributed by atoms with E-state index in [4.69, 9.17) is 4.74 Å². The monoisotopic (exact) mass is 605 g/mol. The number of unbranched alkanes of at least 4 members (excludes halogenated alkanes) is 24. The van der Waals surface area contributed by atoms with Crippen LogP contribution in [-0.2, 0) is 9.53 Å². The van der Waals surface area contributed by atoms with E-state index in [9.17, 15) is 9.90 Å². The Bertz CT molecular complexity index is 597. The van der Waals surface area contributed by atoms with Crippen molar-refractivity contribution in [2.75, 3.05) is 6.61 Å². The van der Waals surface area contributed by atoms with Crippen LogP contribution in [0.25, 0.3) is 0 Å². The molecule has 0 aliphatic rings. The van der Waals surface area contributed by atoms with Crippen LogP contribution >= 0.6 is 0 Å². The van der Waals surface area contributed by atoms with Gasteiger partial charge in [-0.2, -0.15) is 0 Å².